The SMILES string of the molecule is CC(C)NC(=O)c1ccccc1NC(=O)c1cccc(-n2ccnc2)c1. The van der Waals surface area contributed by atoms with Crippen molar-refractivity contribution in [3.63, 3.8) is 0 Å². The van der Waals surface area contributed by atoms with Crippen molar-refractivity contribution >= 4 is 17.5 Å². The van der Waals surface area contributed by atoms with E-state index < -0.39 is 0 Å². The van der Waals surface area contributed by atoms with Crippen molar-refractivity contribution in [3.8, 4) is 5.69 Å². The summed E-state index contributed by atoms with van der Waals surface area (Å²) in [6.07, 6.45) is 5.15. The van der Waals surface area contributed by atoms with E-state index in [1.165, 1.54) is 0 Å². The number of nitrogens with zero attached hydrogens (tertiary/aromatic N) is 2. The number of hydrogen-bond donors (Lipinski definition) is 2. The molecule has 1 aromatic heterocycles. The molecule has 0 saturated carbocycles. The maximum absolute atomic E-state index is 12.7. The van der Waals surface area contributed by atoms with E-state index in [0.29, 0.717) is 16.8 Å². The number of anilines is 1. The van der Waals surface area contributed by atoms with Crippen molar-refractivity contribution in [3.05, 3.63) is 78.4 Å². The Morgan fingerprint density at radius 1 is 1.04 bits per heavy atom. The number of rotatable bonds is 5. The zero-order valence-electron chi connectivity index (χ0n) is 14.6. The van der Waals surface area contributed by atoms with E-state index in [2.05, 4.69) is 15.6 Å². The minimum Gasteiger partial charge on any atom is -0.350 e. The van der Waals surface area contributed by atoms with Crippen LogP contribution in [0.5, 0.6) is 0 Å². The van der Waals surface area contributed by atoms with Crippen LogP contribution in [-0.4, -0.2) is 27.4 Å². The molecule has 0 spiro atoms. The minimum atomic E-state index is -0.281. The monoisotopic (exact) mass is 348 g/mol. The molecule has 0 aliphatic rings. The summed E-state index contributed by atoms with van der Waals surface area (Å²) < 4.78 is 1.82. The first-order chi connectivity index (χ1) is 12.5. The van der Waals surface area contributed by atoms with Crippen molar-refractivity contribution in [2.24, 2.45) is 0 Å². The van der Waals surface area contributed by atoms with E-state index >= 15 is 0 Å². The molecule has 0 fully saturated rings. The molecule has 0 radical (unpaired) electrons. The van der Waals surface area contributed by atoms with Crippen molar-refractivity contribution in [2.45, 2.75) is 19.9 Å². The number of imidazole rings is 1. The van der Waals surface area contributed by atoms with Crippen LogP contribution in [0.1, 0.15) is 34.6 Å². The number of benzene rings is 2. The third-order valence-electron chi connectivity index (χ3n) is 3.75. The third kappa shape index (κ3) is 3.97. The molecule has 2 N–H and O–H groups in total. The van der Waals surface area contributed by atoms with Gasteiger partial charge in [0.25, 0.3) is 11.8 Å². The molecule has 2 amide bonds. The topological polar surface area (TPSA) is 76.0 Å². The largest absolute Gasteiger partial charge is 0.350 e. The maximum Gasteiger partial charge on any atom is 0.255 e. The Morgan fingerprint density at radius 2 is 1.85 bits per heavy atom. The molecule has 6 nitrogen and oxygen atoms in total. The molecule has 3 rings (SSSR count). The van der Waals surface area contributed by atoms with Gasteiger partial charge in [0.2, 0.25) is 0 Å². The highest BCUT2D eigenvalue weighted by Crippen LogP contribution is 2.17. The van der Waals surface area contributed by atoms with Gasteiger partial charge in [0.1, 0.15) is 0 Å². The molecule has 26 heavy (non-hydrogen) atoms. The summed E-state index contributed by atoms with van der Waals surface area (Å²) in [5, 5.41) is 5.67. The van der Waals surface area contributed by atoms with Gasteiger partial charge in [-0.05, 0) is 44.2 Å². The molecule has 0 aliphatic carbocycles. The summed E-state index contributed by atoms with van der Waals surface area (Å²) in [6.45, 7) is 3.78. The maximum atomic E-state index is 12.7. The van der Waals surface area contributed by atoms with Gasteiger partial charge < -0.3 is 15.2 Å². The number of carbonyl (C=O) groups is 2. The van der Waals surface area contributed by atoms with E-state index in [4.69, 9.17) is 0 Å². The quantitative estimate of drug-likeness (QED) is 0.743. The van der Waals surface area contributed by atoms with Gasteiger partial charge in [0, 0.05) is 29.7 Å². The lowest BCUT2D eigenvalue weighted by Crippen LogP contribution is -2.31. The molecular weight excluding hydrogens is 328 g/mol. The Morgan fingerprint density at radius 3 is 2.58 bits per heavy atom. The highest BCUT2D eigenvalue weighted by atomic mass is 16.2. The van der Waals surface area contributed by atoms with E-state index in [1.807, 2.05) is 36.7 Å². The van der Waals surface area contributed by atoms with Crippen molar-refractivity contribution in [1.82, 2.24) is 14.9 Å². The molecule has 132 valence electrons. The first kappa shape index (κ1) is 17.4. The average Bonchev–Trinajstić information content (AvgIpc) is 3.16. The van der Waals surface area contributed by atoms with Crippen LogP contribution in [0.2, 0.25) is 0 Å². The van der Waals surface area contributed by atoms with Crippen LogP contribution in [-0.2, 0) is 0 Å². The van der Waals surface area contributed by atoms with Crippen molar-refractivity contribution in [1.29, 1.82) is 0 Å². The van der Waals surface area contributed by atoms with E-state index in [9.17, 15) is 9.59 Å². The lowest BCUT2D eigenvalue weighted by Gasteiger charge is -2.13. The second-order valence-electron chi connectivity index (χ2n) is 6.15. The molecule has 0 aliphatic heterocycles. The number of amides is 2. The highest BCUT2D eigenvalue weighted by Gasteiger charge is 2.15. The Labute approximate surface area is 151 Å². The lowest BCUT2D eigenvalue weighted by molar-refractivity contribution is 0.0944. The molecule has 1 heterocycles. The second kappa shape index (κ2) is 7.65. The van der Waals surface area contributed by atoms with Crippen molar-refractivity contribution in [2.75, 3.05) is 5.32 Å². The standard InChI is InChI=1S/C20H20N4O2/c1-14(2)22-20(26)17-8-3-4-9-18(17)23-19(25)15-6-5-7-16(12-15)24-11-10-21-13-24/h3-14H,1-2H3,(H,22,26)(H,23,25). The molecule has 2 aromatic carbocycles. The molecule has 0 bridgehead atoms. The van der Waals surface area contributed by atoms with Crippen molar-refractivity contribution < 1.29 is 9.59 Å². The Bertz CT molecular complexity index is 917. The second-order valence-corrected chi connectivity index (χ2v) is 6.15. The number of carbonyl (C=O) groups excluding carboxylic acids is 2. The summed E-state index contributed by atoms with van der Waals surface area (Å²) >= 11 is 0. The summed E-state index contributed by atoms with van der Waals surface area (Å²) in [5.74, 6) is -0.500. The first-order valence-corrected chi connectivity index (χ1v) is 8.34. The first-order valence-electron chi connectivity index (χ1n) is 8.34. The van der Waals surface area contributed by atoms with E-state index in [1.54, 1.807) is 48.9 Å². The predicted octanol–water partition coefficient (Wildman–Crippen LogP) is 3.26. The number of nitrogens with one attached hydrogen (secondary N) is 2. The lowest BCUT2D eigenvalue weighted by atomic mass is 10.1. The zero-order valence-corrected chi connectivity index (χ0v) is 14.6. The van der Waals surface area contributed by atoms with Gasteiger partial charge in [-0.3, -0.25) is 9.59 Å². The van der Waals surface area contributed by atoms with Gasteiger partial charge in [-0.25, -0.2) is 4.98 Å². The smallest absolute Gasteiger partial charge is 0.255 e. The molecule has 0 unspecified atom stereocenters. The Hall–Kier alpha value is -3.41. The number of aromatic nitrogens is 2. The van der Waals surface area contributed by atoms with Crippen LogP contribution in [0.4, 0.5) is 5.69 Å². The van der Waals surface area contributed by atoms with Gasteiger partial charge in [0.05, 0.1) is 17.6 Å². The van der Waals surface area contributed by atoms with Gasteiger partial charge in [0.15, 0.2) is 0 Å². The van der Waals surface area contributed by atoms with Crippen LogP contribution < -0.4 is 10.6 Å². The fourth-order valence-electron chi connectivity index (χ4n) is 2.54. The van der Waals surface area contributed by atoms with E-state index in [-0.39, 0.29) is 17.9 Å². The summed E-state index contributed by atoms with van der Waals surface area (Å²) in [4.78, 5) is 29.0. The summed E-state index contributed by atoms with van der Waals surface area (Å²) in [5.41, 5.74) is 2.24. The number of para-hydroxylation sites is 1. The zero-order chi connectivity index (χ0) is 18.5. The summed E-state index contributed by atoms with van der Waals surface area (Å²) in [6, 6.07) is 14.2. The molecule has 0 atom stereocenters. The summed E-state index contributed by atoms with van der Waals surface area (Å²) in [7, 11) is 0. The molecule has 0 saturated heterocycles. The fourth-order valence-corrected chi connectivity index (χ4v) is 2.54. The third-order valence-corrected chi connectivity index (χ3v) is 3.75. The predicted molar refractivity (Wildman–Crippen MR) is 101 cm³/mol. The van der Waals surface area contributed by atoms with Gasteiger partial charge >= 0.3 is 0 Å². The van der Waals surface area contributed by atoms with Crippen LogP contribution in [0, 0.1) is 0 Å². The molecular formula is C20H20N4O2. The van der Waals surface area contributed by atoms with Crippen LogP contribution >= 0.6 is 0 Å². The normalized spacial score (nSPS) is 10.6. The van der Waals surface area contributed by atoms with Crippen LogP contribution in [0.15, 0.2) is 67.3 Å². The van der Waals surface area contributed by atoms with Crippen LogP contribution in [0.3, 0.4) is 0 Å². The molecule has 6 heteroatoms. The van der Waals surface area contributed by atoms with E-state index in [0.717, 1.165) is 5.69 Å². The van der Waals surface area contributed by atoms with Crippen LogP contribution in [0.25, 0.3) is 5.69 Å². The Kier molecular flexibility index (Phi) is 5.12. The average molecular weight is 348 g/mol. The highest BCUT2D eigenvalue weighted by molar-refractivity contribution is 6.09. The van der Waals surface area contributed by atoms with Gasteiger partial charge in [-0.15, -0.1) is 0 Å². The van der Waals surface area contributed by atoms with Gasteiger partial charge in [-0.2, -0.15) is 0 Å². The fraction of sp³-hybridized carbons (Fsp3) is 0.150. The Balaban J connectivity index is 1.83. The minimum absolute atomic E-state index is 0.0121. The number of hydrogen-bond acceptors (Lipinski definition) is 3. The van der Waals surface area contributed by atoms with Gasteiger partial charge in [-0.1, -0.05) is 18.2 Å². The molecule has 3 aromatic rings.